The second kappa shape index (κ2) is 9.04. The Morgan fingerprint density at radius 3 is 2.70 bits per heavy atom. The number of hydrogen-bond donors (Lipinski definition) is 1. The molecule has 1 amide bonds. The average Bonchev–Trinajstić information content (AvgIpc) is 2.78. The van der Waals surface area contributed by atoms with Gasteiger partial charge in [-0.2, -0.15) is 0 Å². The summed E-state index contributed by atoms with van der Waals surface area (Å²) in [5, 5.41) is 3.45. The number of carbonyl (C=O) groups is 1. The number of ether oxygens (including phenoxy) is 2. The van der Waals surface area contributed by atoms with Crippen LogP contribution in [0.3, 0.4) is 0 Å². The zero-order chi connectivity index (χ0) is 21.1. The van der Waals surface area contributed by atoms with E-state index in [9.17, 15) is 9.59 Å². The Bertz CT molecular complexity index is 971. The van der Waals surface area contributed by atoms with Crippen molar-refractivity contribution in [1.82, 2.24) is 19.8 Å². The summed E-state index contributed by atoms with van der Waals surface area (Å²) in [5.74, 6) is 1.30. The standard InChI is InChI=1S/C22H30N4O4/c1-29-19-10-16-17(11-20(19)30-2)24-14-26(22(16)28)13-21(27)23-12-15-6-5-9-25-8-4-3-7-18(15)25/h10-11,14-15,18H,3-9,12-13H2,1-2H3,(H,23,27)/t15-,18-/m0/s1. The SMILES string of the molecule is COc1cc2ncn(CC(=O)NC[C@@H]3CCCN4CCCC[C@@H]34)c(=O)c2cc1OC. The fourth-order valence-corrected chi connectivity index (χ4v) is 4.87. The number of nitrogens with one attached hydrogen (secondary N) is 1. The van der Waals surface area contributed by atoms with Gasteiger partial charge in [-0.1, -0.05) is 6.42 Å². The van der Waals surface area contributed by atoms with E-state index in [-0.39, 0.29) is 18.0 Å². The highest BCUT2D eigenvalue weighted by Crippen LogP contribution is 2.31. The summed E-state index contributed by atoms with van der Waals surface area (Å²) in [4.78, 5) is 32.3. The molecule has 0 spiro atoms. The number of hydrogen-bond acceptors (Lipinski definition) is 6. The molecular formula is C22H30N4O4. The molecule has 8 nitrogen and oxygen atoms in total. The van der Waals surface area contributed by atoms with E-state index in [0.717, 1.165) is 6.42 Å². The van der Waals surface area contributed by atoms with E-state index >= 15 is 0 Å². The fraction of sp³-hybridized carbons (Fsp3) is 0.591. The van der Waals surface area contributed by atoms with Crippen LogP contribution >= 0.6 is 0 Å². The third-order valence-electron chi connectivity index (χ3n) is 6.43. The lowest BCUT2D eigenvalue weighted by Crippen LogP contribution is -2.51. The largest absolute Gasteiger partial charge is 0.493 e. The van der Waals surface area contributed by atoms with Crippen LogP contribution in [0.5, 0.6) is 11.5 Å². The number of fused-ring (bicyclic) bond motifs is 2. The smallest absolute Gasteiger partial charge is 0.261 e. The van der Waals surface area contributed by atoms with Crippen molar-refractivity contribution in [2.75, 3.05) is 33.9 Å². The van der Waals surface area contributed by atoms with E-state index in [0.29, 0.717) is 40.9 Å². The number of piperidine rings is 2. The van der Waals surface area contributed by atoms with E-state index in [1.807, 2.05) is 0 Å². The van der Waals surface area contributed by atoms with Gasteiger partial charge < -0.3 is 19.7 Å². The third kappa shape index (κ3) is 4.14. The maximum atomic E-state index is 12.9. The number of rotatable bonds is 6. The van der Waals surface area contributed by atoms with Crippen molar-refractivity contribution in [3.63, 3.8) is 0 Å². The molecule has 0 bridgehead atoms. The molecule has 0 unspecified atom stereocenters. The minimum atomic E-state index is -0.271. The number of aromatic nitrogens is 2. The topological polar surface area (TPSA) is 85.7 Å². The first-order valence-electron chi connectivity index (χ1n) is 10.7. The molecule has 2 aromatic rings. The van der Waals surface area contributed by atoms with E-state index in [1.165, 1.54) is 63.9 Å². The average molecular weight is 415 g/mol. The molecule has 2 saturated heterocycles. The van der Waals surface area contributed by atoms with Gasteiger partial charge in [0.05, 0.1) is 31.4 Å². The molecular weight excluding hydrogens is 384 g/mol. The van der Waals surface area contributed by atoms with Gasteiger partial charge in [-0.25, -0.2) is 4.98 Å². The summed E-state index contributed by atoms with van der Waals surface area (Å²) in [6, 6.07) is 3.86. The zero-order valence-electron chi connectivity index (χ0n) is 17.7. The molecule has 162 valence electrons. The van der Waals surface area contributed by atoms with Crippen molar-refractivity contribution in [1.29, 1.82) is 0 Å². The number of methoxy groups -OCH3 is 2. The molecule has 2 aliphatic heterocycles. The number of nitrogens with zero attached hydrogens (tertiary/aromatic N) is 3. The van der Waals surface area contributed by atoms with Crippen LogP contribution in [0.2, 0.25) is 0 Å². The normalized spacial score (nSPS) is 21.8. The molecule has 1 aromatic heterocycles. The molecule has 2 atom stereocenters. The third-order valence-corrected chi connectivity index (χ3v) is 6.43. The van der Waals surface area contributed by atoms with Crippen LogP contribution < -0.4 is 20.3 Å². The Labute approximate surface area is 176 Å². The Kier molecular flexibility index (Phi) is 6.22. The molecule has 2 fully saturated rings. The van der Waals surface area contributed by atoms with Gasteiger partial charge in [0.2, 0.25) is 5.91 Å². The minimum Gasteiger partial charge on any atom is -0.493 e. The number of amides is 1. The van der Waals surface area contributed by atoms with Crippen LogP contribution in [-0.4, -0.2) is 60.3 Å². The van der Waals surface area contributed by atoms with E-state index in [4.69, 9.17) is 9.47 Å². The highest BCUT2D eigenvalue weighted by Gasteiger charge is 2.32. The van der Waals surface area contributed by atoms with Crippen LogP contribution in [0.15, 0.2) is 23.3 Å². The van der Waals surface area contributed by atoms with Crippen molar-refractivity contribution in [3.05, 3.63) is 28.8 Å². The molecule has 0 aliphatic carbocycles. The number of benzene rings is 1. The van der Waals surface area contributed by atoms with E-state index in [2.05, 4.69) is 15.2 Å². The lowest BCUT2D eigenvalue weighted by molar-refractivity contribution is -0.122. The quantitative estimate of drug-likeness (QED) is 0.776. The van der Waals surface area contributed by atoms with Crippen LogP contribution in [-0.2, 0) is 11.3 Å². The van der Waals surface area contributed by atoms with Gasteiger partial charge in [-0.15, -0.1) is 0 Å². The molecule has 1 N–H and O–H groups in total. The molecule has 4 rings (SSSR count). The molecule has 0 radical (unpaired) electrons. The van der Waals surface area contributed by atoms with Gasteiger partial charge in [-0.3, -0.25) is 14.2 Å². The van der Waals surface area contributed by atoms with Gasteiger partial charge in [0.25, 0.3) is 5.56 Å². The number of carbonyl (C=O) groups excluding carboxylic acids is 1. The summed E-state index contributed by atoms with van der Waals surface area (Å²) >= 11 is 0. The molecule has 8 heteroatoms. The summed E-state index contributed by atoms with van der Waals surface area (Å²) in [5.41, 5.74) is 0.237. The van der Waals surface area contributed by atoms with Gasteiger partial charge >= 0.3 is 0 Å². The Hall–Kier alpha value is -2.61. The van der Waals surface area contributed by atoms with Crippen molar-refractivity contribution in [2.45, 2.75) is 44.7 Å². The Morgan fingerprint density at radius 1 is 1.13 bits per heavy atom. The van der Waals surface area contributed by atoms with Crippen molar-refractivity contribution in [2.24, 2.45) is 5.92 Å². The summed E-state index contributed by atoms with van der Waals surface area (Å²) in [7, 11) is 3.05. The Balaban J connectivity index is 1.44. The zero-order valence-corrected chi connectivity index (χ0v) is 17.7. The maximum absolute atomic E-state index is 12.9. The Morgan fingerprint density at radius 2 is 1.90 bits per heavy atom. The molecule has 0 saturated carbocycles. The summed E-state index contributed by atoms with van der Waals surface area (Å²) < 4.78 is 11.9. The molecule has 1 aromatic carbocycles. The predicted molar refractivity (Wildman–Crippen MR) is 114 cm³/mol. The van der Waals surface area contributed by atoms with Gasteiger partial charge in [-0.05, 0) is 50.8 Å². The van der Waals surface area contributed by atoms with Crippen LogP contribution in [0.1, 0.15) is 32.1 Å². The second-order valence-electron chi connectivity index (χ2n) is 8.21. The molecule has 30 heavy (non-hydrogen) atoms. The second-order valence-corrected chi connectivity index (χ2v) is 8.21. The van der Waals surface area contributed by atoms with Crippen molar-refractivity contribution >= 4 is 16.8 Å². The van der Waals surface area contributed by atoms with Gasteiger partial charge in [0.15, 0.2) is 11.5 Å². The predicted octanol–water partition coefficient (Wildman–Crippen LogP) is 1.79. The van der Waals surface area contributed by atoms with Crippen LogP contribution in [0, 0.1) is 5.92 Å². The van der Waals surface area contributed by atoms with Crippen molar-refractivity contribution < 1.29 is 14.3 Å². The monoisotopic (exact) mass is 414 g/mol. The first kappa shape index (κ1) is 20.7. The summed E-state index contributed by atoms with van der Waals surface area (Å²) in [6.07, 6.45) is 7.54. The van der Waals surface area contributed by atoms with E-state index in [1.54, 1.807) is 12.1 Å². The first-order chi connectivity index (χ1) is 14.6. The highest BCUT2D eigenvalue weighted by atomic mass is 16.5. The van der Waals surface area contributed by atoms with Crippen LogP contribution in [0.4, 0.5) is 0 Å². The van der Waals surface area contributed by atoms with Gasteiger partial charge in [0, 0.05) is 18.7 Å². The first-order valence-corrected chi connectivity index (χ1v) is 10.7. The lowest BCUT2D eigenvalue weighted by Gasteiger charge is -2.44. The summed E-state index contributed by atoms with van der Waals surface area (Å²) in [6.45, 7) is 2.99. The van der Waals surface area contributed by atoms with Crippen LogP contribution in [0.25, 0.3) is 10.9 Å². The van der Waals surface area contributed by atoms with Gasteiger partial charge in [0.1, 0.15) is 6.54 Å². The molecule has 2 aliphatic rings. The lowest BCUT2D eigenvalue weighted by atomic mass is 9.83. The van der Waals surface area contributed by atoms with E-state index < -0.39 is 0 Å². The maximum Gasteiger partial charge on any atom is 0.261 e. The highest BCUT2D eigenvalue weighted by molar-refractivity contribution is 5.82. The minimum absolute atomic E-state index is 0.0444. The van der Waals surface area contributed by atoms with Crippen molar-refractivity contribution in [3.8, 4) is 11.5 Å². The fourth-order valence-electron chi connectivity index (χ4n) is 4.87. The molecule has 3 heterocycles.